The second-order valence-corrected chi connectivity index (χ2v) is 9.47. The number of unbranched alkanes of at least 4 members (excludes halogenated alkanes) is 8. The van der Waals surface area contributed by atoms with Crippen LogP contribution >= 0.6 is 23.5 Å². The fraction of sp³-hybridized carbons (Fsp3) is 0.950. The average molecular weight is 375 g/mol. The molecule has 0 bridgehead atoms. The van der Waals surface area contributed by atoms with Crippen LogP contribution in [0.15, 0.2) is 0 Å². The van der Waals surface area contributed by atoms with Gasteiger partial charge < -0.3 is 5.11 Å². The van der Waals surface area contributed by atoms with Crippen LogP contribution in [0.1, 0.15) is 84.0 Å². The number of carboxylic acids is 1. The predicted molar refractivity (Wildman–Crippen MR) is 110 cm³/mol. The maximum absolute atomic E-state index is 10.5. The van der Waals surface area contributed by atoms with Crippen LogP contribution in [0.3, 0.4) is 0 Å². The van der Waals surface area contributed by atoms with E-state index in [0.29, 0.717) is 6.42 Å². The van der Waals surface area contributed by atoms with Crippen LogP contribution in [0, 0.1) is 11.8 Å². The van der Waals surface area contributed by atoms with Gasteiger partial charge in [0.1, 0.15) is 0 Å². The smallest absolute Gasteiger partial charge is 0.303 e. The van der Waals surface area contributed by atoms with Crippen molar-refractivity contribution >= 4 is 29.5 Å². The quantitative estimate of drug-likeness (QED) is 0.313. The van der Waals surface area contributed by atoms with Gasteiger partial charge in [0.15, 0.2) is 0 Å². The molecule has 0 aromatic rings. The SMILES string of the molecule is CCCCCCCCSCC1CSCC1CCCCCCC(=O)O. The van der Waals surface area contributed by atoms with Crippen molar-refractivity contribution in [3.05, 3.63) is 0 Å². The molecule has 0 saturated carbocycles. The zero-order valence-corrected chi connectivity index (χ0v) is 17.3. The minimum atomic E-state index is -0.648. The van der Waals surface area contributed by atoms with Crippen LogP contribution in [-0.4, -0.2) is 34.1 Å². The van der Waals surface area contributed by atoms with E-state index in [9.17, 15) is 4.79 Å². The van der Waals surface area contributed by atoms with Crippen molar-refractivity contribution in [3.63, 3.8) is 0 Å². The van der Waals surface area contributed by atoms with Crippen LogP contribution in [0.4, 0.5) is 0 Å². The molecular formula is C20H38O2S2. The summed E-state index contributed by atoms with van der Waals surface area (Å²) in [4.78, 5) is 10.5. The Morgan fingerprint density at radius 2 is 1.62 bits per heavy atom. The summed E-state index contributed by atoms with van der Waals surface area (Å²) in [6.07, 6.45) is 14.6. The van der Waals surface area contributed by atoms with Crippen molar-refractivity contribution in [3.8, 4) is 0 Å². The monoisotopic (exact) mass is 374 g/mol. The van der Waals surface area contributed by atoms with E-state index in [1.54, 1.807) is 0 Å². The molecule has 4 heteroatoms. The lowest BCUT2D eigenvalue weighted by molar-refractivity contribution is -0.137. The highest BCUT2D eigenvalue weighted by atomic mass is 32.2. The fourth-order valence-corrected chi connectivity index (χ4v) is 6.39. The van der Waals surface area contributed by atoms with E-state index < -0.39 is 5.97 Å². The normalized spacial score (nSPS) is 20.5. The van der Waals surface area contributed by atoms with Gasteiger partial charge in [-0.05, 0) is 54.1 Å². The number of aliphatic carboxylic acids is 1. The second-order valence-electron chi connectivity index (χ2n) is 7.25. The van der Waals surface area contributed by atoms with Crippen LogP contribution in [-0.2, 0) is 4.79 Å². The number of rotatable bonds is 16. The van der Waals surface area contributed by atoms with Crippen LogP contribution < -0.4 is 0 Å². The molecule has 1 N–H and O–H groups in total. The van der Waals surface area contributed by atoms with E-state index in [1.807, 2.05) is 0 Å². The maximum atomic E-state index is 10.5. The largest absolute Gasteiger partial charge is 0.481 e. The van der Waals surface area contributed by atoms with Crippen molar-refractivity contribution in [2.75, 3.05) is 23.0 Å². The van der Waals surface area contributed by atoms with Crippen molar-refractivity contribution in [1.29, 1.82) is 0 Å². The molecule has 0 aliphatic carbocycles. The van der Waals surface area contributed by atoms with E-state index in [0.717, 1.165) is 24.7 Å². The standard InChI is InChI=1S/C20H38O2S2/c1-2-3-4-5-8-11-14-23-16-19-17-24-15-18(19)12-9-6-7-10-13-20(21)22/h18-19H,2-17H2,1H3,(H,21,22). The van der Waals surface area contributed by atoms with E-state index in [-0.39, 0.29) is 0 Å². The van der Waals surface area contributed by atoms with Gasteiger partial charge in [-0.1, -0.05) is 58.3 Å². The Kier molecular flexibility index (Phi) is 14.3. The molecule has 1 heterocycles. The molecule has 0 radical (unpaired) electrons. The minimum Gasteiger partial charge on any atom is -0.481 e. The fourth-order valence-electron chi connectivity index (χ4n) is 3.40. The first kappa shape index (κ1) is 22.2. The molecule has 24 heavy (non-hydrogen) atoms. The van der Waals surface area contributed by atoms with Gasteiger partial charge in [0.2, 0.25) is 0 Å². The second kappa shape index (κ2) is 15.4. The lowest BCUT2D eigenvalue weighted by Crippen LogP contribution is -2.15. The number of carbonyl (C=O) groups is 1. The third kappa shape index (κ3) is 11.7. The van der Waals surface area contributed by atoms with Crippen molar-refractivity contribution in [2.45, 2.75) is 84.0 Å². The summed E-state index contributed by atoms with van der Waals surface area (Å²) in [7, 11) is 0. The third-order valence-corrected chi connectivity index (χ3v) is 7.59. The Hall–Kier alpha value is 0.170. The number of carboxylic acid groups (broad SMARTS) is 1. The molecule has 0 amide bonds. The molecule has 1 aliphatic heterocycles. The predicted octanol–water partition coefficient (Wildman–Crippen LogP) is 6.48. The summed E-state index contributed by atoms with van der Waals surface area (Å²) in [5.74, 6) is 6.65. The number of hydrogen-bond donors (Lipinski definition) is 1. The van der Waals surface area contributed by atoms with Crippen molar-refractivity contribution in [2.24, 2.45) is 11.8 Å². The van der Waals surface area contributed by atoms with Crippen LogP contribution in [0.2, 0.25) is 0 Å². The van der Waals surface area contributed by atoms with Gasteiger partial charge in [-0.2, -0.15) is 23.5 Å². The van der Waals surface area contributed by atoms with E-state index >= 15 is 0 Å². The average Bonchev–Trinajstić information content (AvgIpc) is 3.00. The van der Waals surface area contributed by atoms with E-state index in [2.05, 4.69) is 30.4 Å². The molecule has 1 saturated heterocycles. The molecule has 2 nitrogen and oxygen atoms in total. The first-order valence-corrected chi connectivity index (χ1v) is 12.4. The molecule has 1 fully saturated rings. The van der Waals surface area contributed by atoms with E-state index in [1.165, 1.54) is 80.8 Å². The molecule has 1 rings (SSSR count). The van der Waals surface area contributed by atoms with Gasteiger partial charge in [0.05, 0.1) is 0 Å². The summed E-state index contributed by atoms with van der Waals surface area (Å²) < 4.78 is 0. The molecule has 0 aromatic carbocycles. The molecule has 142 valence electrons. The molecule has 0 aromatic heterocycles. The van der Waals surface area contributed by atoms with E-state index in [4.69, 9.17) is 5.11 Å². The molecule has 2 unspecified atom stereocenters. The first-order chi connectivity index (χ1) is 11.7. The van der Waals surface area contributed by atoms with Gasteiger partial charge in [-0.3, -0.25) is 4.79 Å². The number of hydrogen-bond acceptors (Lipinski definition) is 3. The highest BCUT2D eigenvalue weighted by Crippen LogP contribution is 2.35. The molecular weight excluding hydrogens is 336 g/mol. The van der Waals surface area contributed by atoms with Crippen LogP contribution in [0.25, 0.3) is 0 Å². The summed E-state index contributed by atoms with van der Waals surface area (Å²) in [6.45, 7) is 2.28. The van der Waals surface area contributed by atoms with Gasteiger partial charge in [-0.15, -0.1) is 0 Å². The lowest BCUT2D eigenvalue weighted by atomic mass is 9.92. The molecule has 2 atom stereocenters. The van der Waals surface area contributed by atoms with Gasteiger partial charge >= 0.3 is 5.97 Å². The molecule has 0 spiro atoms. The first-order valence-electron chi connectivity index (χ1n) is 10.1. The zero-order chi connectivity index (χ0) is 17.5. The summed E-state index contributed by atoms with van der Waals surface area (Å²) in [5.41, 5.74) is 0. The minimum absolute atomic E-state index is 0.344. The Bertz CT molecular complexity index is 310. The van der Waals surface area contributed by atoms with Crippen molar-refractivity contribution in [1.82, 2.24) is 0 Å². The lowest BCUT2D eigenvalue weighted by Gasteiger charge is -2.18. The Labute approximate surface area is 158 Å². The third-order valence-electron chi connectivity index (χ3n) is 5.02. The zero-order valence-electron chi connectivity index (χ0n) is 15.6. The van der Waals surface area contributed by atoms with Crippen LogP contribution in [0.5, 0.6) is 0 Å². The van der Waals surface area contributed by atoms with Gasteiger partial charge in [0.25, 0.3) is 0 Å². The maximum Gasteiger partial charge on any atom is 0.303 e. The van der Waals surface area contributed by atoms with Gasteiger partial charge in [-0.25, -0.2) is 0 Å². The summed E-state index contributed by atoms with van der Waals surface area (Å²) in [6, 6.07) is 0. The Balaban J connectivity index is 1.95. The topological polar surface area (TPSA) is 37.3 Å². The molecule has 1 aliphatic rings. The highest BCUT2D eigenvalue weighted by molar-refractivity contribution is 8.00. The summed E-state index contributed by atoms with van der Waals surface area (Å²) in [5, 5.41) is 8.65. The van der Waals surface area contributed by atoms with Crippen molar-refractivity contribution < 1.29 is 9.90 Å². The number of thioether (sulfide) groups is 2. The Morgan fingerprint density at radius 3 is 2.42 bits per heavy atom. The Morgan fingerprint density at radius 1 is 0.958 bits per heavy atom. The summed E-state index contributed by atoms with van der Waals surface area (Å²) >= 11 is 4.34. The highest BCUT2D eigenvalue weighted by Gasteiger charge is 2.26. The van der Waals surface area contributed by atoms with Gasteiger partial charge in [0, 0.05) is 6.42 Å².